The Morgan fingerprint density at radius 1 is 1.17 bits per heavy atom. The molecule has 1 aliphatic rings. The van der Waals surface area contributed by atoms with Crippen LogP contribution in [0.3, 0.4) is 0 Å². The van der Waals surface area contributed by atoms with Crippen LogP contribution in [0, 0.1) is 5.41 Å². The van der Waals surface area contributed by atoms with Gasteiger partial charge in [-0.25, -0.2) is 0 Å². The minimum atomic E-state index is 0.526. The minimum Gasteiger partial charge on any atom is -0.103 e. The highest BCUT2D eigenvalue weighted by molar-refractivity contribution is 4.95. The predicted octanol–water partition coefficient (Wildman–Crippen LogP) is 4.56. The Bertz CT molecular complexity index is 107. The van der Waals surface area contributed by atoms with Gasteiger partial charge in [-0.2, -0.15) is 0 Å². The second kappa shape index (κ2) is 6.28. The van der Waals surface area contributed by atoms with E-state index in [1.165, 1.54) is 38.5 Å². The molecule has 0 aromatic carbocycles. The van der Waals surface area contributed by atoms with Crippen LogP contribution in [0.1, 0.15) is 59.3 Å². The molecule has 0 atom stereocenters. The van der Waals surface area contributed by atoms with Gasteiger partial charge in [-0.05, 0) is 24.7 Å². The van der Waals surface area contributed by atoms with E-state index >= 15 is 0 Å². The van der Waals surface area contributed by atoms with Crippen molar-refractivity contribution in [3.05, 3.63) is 12.7 Å². The van der Waals surface area contributed by atoms with Gasteiger partial charge >= 0.3 is 0 Å². The van der Waals surface area contributed by atoms with Crippen molar-refractivity contribution in [2.75, 3.05) is 0 Å². The SMILES string of the molecule is C=CC1(CC)CCCCC1.CC. The summed E-state index contributed by atoms with van der Waals surface area (Å²) in [5, 5.41) is 0. The van der Waals surface area contributed by atoms with Gasteiger partial charge in [0, 0.05) is 0 Å². The highest BCUT2D eigenvalue weighted by Gasteiger charge is 2.25. The summed E-state index contributed by atoms with van der Waals surface area (Å²) in [4.78, 5) is 0. The minimum absolute atomic E-state index is 0.526. The molecule has 0 unspecified atom stereocenters. The highest BCUT2D eigenvalue weighted by atomic mass is 14.3. The number of hydrogen-bond acceptors (Lipinski definition) is 0. The molecule has 12 heavy (non-hydrogen) atoms. The molecule has 1 rings (SSSR count). The van der Waals surface area contributed by atoms with E-state index in [0.29, 0.717) is 5.41 Å². The Balaban J connectivity index is 0.000000561. The van der Waals surface area contributed by atoms with Gasteiger partial charge in [-0.15, -0.1) is 6.58 Å². The fourth-order valence-electron chi connectivity index (χ4n) is 1.96. The molecule has 72 valence electrons. The van der Waals surface area contributed by atoms with Crippen molar-refractivity contribution in [1.29, 1.82) is 0 Å². The van der Waals surface area contributed by atoms with Crippen LogP contribution in [0.15, 0.2) is 12.7 Å². The molecule has 0 amide bonds. The lowest BCUT2D eigenvalue weighted by atomic mass is 9.72. The molecule has 0 spiro atoms. The average molecular weight is 168 g/mol. The van der Waals surface area contributed by atoms with Gasteiger partial charge in [0.15, 0.2) is 0 Å². The summed E-state index contributed by atoms with van der Waals surface area (Å²) in [6, 6.07) is 0. The quantitative estimate of drug-likeness (QED) is 0.530. The average Bonchev–Trinajstić information content (AvgIpc) is 2.22. The standard InChI is InChI=1S/C10H18.C2H6/c1-3-10(4-2)8-6-5-7-9-10;1-2/h3H,1,4-9H2,2H3;1-2H3. The highest BCUT2D eigenvalue weighted by Crippen LogP contribution is 2.39. The lowest BCUT2D eigenvalue weighted by Crippen LogP contribution is -2.19. The third-order valence-corrected chi connectivity index (χ3v) is 2.99. The Labute approximate surface area is 78.1 Å². The van der Waals surface area contributed by atoms with E-state index in [4.69, 9.17) is 0 Å². The normalized spacial score (nSPS) is 20.6. The maximum atomic E-state index is 3.93. The molecule has 1 saturated carbocycles. The van der Waals surface area contributed by atoms with Gasteiger partial charge in [0.05, 0.1) is 0 Å². The summed E-state index contributed by atoms with van der Waals surface area (Å²) < 4.78 is 0. The molecule has 0 saturated heterocycles. The van der Waals surface area contributed by atoms with Crippen LogP contribution < -0.4 is 0 Å². The molecule has 0 N–H and O–H groups in total. The van der Waals surface area contributed by atoms with Crippen molar-refractivity contribution < 1.29 is 0 Å². The van der Waals surface area contributed by atoms with Crippen LogP contribution in [0.2, 0.25) is 0 Å². The molecule has 0 heteroatoms. The summed E-state index contributed by atoms with van der Waals surface area (Å²) in [7, 11) is 0. The summed E-state index contributed by atoms with van der Waals surface area (Å²) in [5.74, 6) is 0. The Hall–Kier alpha value is -0.260. The Kier molecular flexibility index (Phi) is 6.14. The van der Waals surface area contributed by atoms with E-state index in [2.05, 4.69) is 19.6 Å². The zero-order chi connectivity index (χ0) is 9.45. The van der Waals surface area contributed by atoms with Gasteiger partial charge in [0.25, 0.3) is 0 Å². The molecule has 0 radical (unpaired) electrons. The first-order valence-electron chi connectivity index (χ1n) is 5.46. The summed E-state index contributed by atoms with van der Waals surface area (Å²) >= 11 is 0. The first kappa shape index (κ1) is 11.7. The van der Waals surface area contributed by atoms with Crippen LogP contribution in [-0.2, 0) is 0 Å². The lowest BCUT2D eigenvalue weighted by molar-refractivity contribution is 0.249. The van der Waals surface area contributed by atoms with Gasteiger partial charge in [0.2, 0.25) is 0 Å². The van der Waals surface area contributed by atoms with Gasteiger partial charge < -0.3 is 0 Å². The van der Waals surface area contributed by atoms with Crippen LogP contribution >= 0.6 is 0 Å². The monoisotopic (exact) mass is 168 g/mol. The van der Waals surface area contributed by atoms with Crippen LogP contribution in [0.25, 0.3) is 0 Å². The first-order valence-corrected chi connectivity index (χ1v) is 5.46. The van der Waals surface area contributed by atoms with Crippen molar-refractivity contribution in [2.24, 2.45) is 5.41 Å². The van der Waals surface area contributed by atoms with Crippen molar-refractivity contribution in [3.63, 3.8) is 0 Å². The summed E-state index contributed by atoms with van der Waals surface area (Å²) in [5.41, 5.74) is 0.526. The van der Waals surface area contributed by atoms with Gasteiger partial charge in [0.1, 0.15) is 0 Å². The third kappa shape index (κ3) is 3.00. The number of hydrogen-bond donors (Lipinski definition) is 0. The fourth-order valence-corrected chi connectivity index (χ4v) is 1.96. The molecule has 0 nitrogen and oxygen atoms in total. The van der Waals surface area contributed by atoms with Crippen molar-refractivity contribution in [2.45, 2.75) is 59.3 Å². The molecular formula is C12H24. The summed E-state index contributed by atoms with van der Waals surface area (Å²) in [6.07, 6.45) is 10.5. The molecular weight excluding hydrogens is 144 g/mol. The molecule has 1 fully saturated rings. The van der Waals surface area contributed by atoms with E-state index in [1.54, 1.807) is 0 Å². The van der Waals surface area contributed by atoms with Crippen molar-refractivity contribution in [1.82, 2.24) is 0 Å². The second-order valence-corrected chi connectivity index (χ2v) is 3.48. The molecule has 0 bridgehead atoms. The zero-order valence-corrected chi connectivity index (χ0v) is 9.03. The zero-order valence-electron chi connectivity index (χ0n) is 9.03. The molecule has 1 aliphatic carbocycles. The van der Waals surface area contributed by atoms with Crippen LogP contribution in [-0.4, -0.2) is 0 Å². The topological polar surface area (TPSA) is 0 Å². The van der Waals surface area contributed by atoms with Crippen LogP contribution in [0.5, 0.6) is 0 Å². The van der Waals surface area contributed by atoms with E-state index in [1.807, 2.05) is 13.8 Å². The van der Waals surface area contributed by atoms with Gasteiger partial charge in [-0.3, -0.25) is 0 Å². The Morgan fingerprint density at radius 2 is 1.67 bits per heavy atom. The van der Waals surface area contributed by atoms with Gasteiger partial charge in [-0.1, -0.05) is 46.1 Å². The first-order chi connectivity index (χ1) is 5.83. The molecule has 0 aromatic rings. The number of rotatable bonds is 2. The van der Waals surface area contributed by atoms with E-state index in [0.717, 1.165) is 0 Å². The maximum Gasteiger partial charge on any atom is -0.0124 e. The van der Waals surface area contributed by atoms with E-state index in [-0.39, 0.29) is 0 Å². The van der Waals surface area contributed by atoms with E-state index < -0.39 is 0 Å². The predicted molar refractivity (Wildman–Crippen MR) is 57.4 cm³/mol. The molecule has 0 aliphatic heterocycles. The molecule has 0 aromatic heterocycles. The Morgan fingerprint density at radius 3 is 1.92 bits per heavy atom. The van der Waals surface area contributed by atoms with Crippen molar-refractivity contribution in [3.8, 4) is 0 Å². The second-order valence-electron chi connectivity index (χ2n) is 3.48. The maximum absolute atomic E-state index is 3.93. The third-order valence-electron chi connectivity index (χ3n) is 2.99. The summed E-state index contributed by atoms with van der Waals surface area (Å²) in [6.45, 7) is 10.2. The largest absolute Gasteiger partial charge is 0.103 e. The number of allylic oxidation sites excluding steroid dienone is 1. The van der Waals surface area contributed by atoms with Crippen LogP contribution in [0.4, 0.5) is 0 Å². The smallest absolute Gasteiger partial charge is 0.0124 e. The van der Waals surface area contributed by atoms with E-state index in [9.17, 15) is 0 Å². The fraction of sp³-hybridized carbons (Fsp3) is 0.833. The van der Waals surface area contributed by atoms with Crippen molar-refractivity contribution >= 4 is 0 Å². The lowest BCUT2D eigenvalue weighted by Gasteiger charge is -2.33. The molecule has 0 heterocycles.